The van der Waals surface area contributed by atoms with Crippen LogP contribution < -0.4 is 0 Å². The average Bonchev–Trinajstić information content (AvgIpc) is 2.61. The number of aliphatic hydroxyl groups is 2. The summed E-state index contributed by atoms with van der Waals surface area (Å²) in [6, 6.07) is 11.2. The molecule has 0 saturated carbocycles. The number of fused-ring (bicyclic) bond motifs is 1. The quantitative estimate of drug-likeness (QED) is 0.799. The van der Waals surface area contributed by atoms with E-state index in [1.165, 1.54) is 0 Å². The maximum absolute atomic E-state index is 11.9. The molecular formula is C15H16O4. The maximum Gasteiger partial charge on any atom is 0.338 e. The van der Waals surface area contributed by atoms with Gasteiger partial charge >= 0.3 is 5.97 Å². The summed E-state index contributed by atoms with van der Waals surface area (Å²) in [5.41, 5.74) is 3.14. The molecule has 0 aromatic carbocycles. The summed E-state index contributed by atoms with van der Waals surface area (Å²) in [6.07, 6.45) is 0.494. The molecule has 0 heterocycles. The Kier molecular flexibility index (Phi) is 4.49. The topological polar surface area (TPSA) is 66.8 Å². The molecule has 0 aromatic rings. The first-order chi connectivity index (χ1) is 9.27. The molecule has 0 amide bonds. The maximum atomic E-state index is 11.9. The Bertz CT molecular complexity index is 536. The lowest BCUT2D eigenvalue weighted by atomic mass is 10.1. The van der Waals surface area contributed by atoms with Gasteiger partial charge in [-0.25, -0.2) is 4.79 Å². The van der Waals surface area contributed by atoms with E-state index in [2.05, 4.69) is 0 Å². The molecule has 2 rings (SSSR count). The van der Waals surface area contributed by atoms with Crippen molar-refractivity contribution in [2.45, 2.75) is 6.42 Å². The zero-order valence-corrected chi connectivity index (χ0v) is 10.5. The van der Waals surface area contributed by atoms with Gasteiger partial charge in [0.05, 0.1) is 12.2 Å². The number of carbonyl (C=O) groups excluding carboxylic acids is 1. The molecule has 0 unspecified atom stereocenters. The summed E-state index contributed by atoms with van der Waals surface area (Å²) in [6.45, 7) is -0.176. The number of hydrogen-bond donors (Lipinski definition) is 2. The van der Waals surface area contributed by atoms with Crippen LogP contribution in [0, 0.1) is 0 Å². The van der Waals surface area contributed by atoms with E-state index in [4.69, 9.17) is 14.9 Å². The molecule has 0 radical (unpaired) electrons. The Labute approximate surface area is 111 Å². The summed E-state index contributed by atoms with van der Waals surface area (Å²) >= 11 is 0. The van der Waals surface area contributed by atoms with Crippen molar-refractivity contribution in [1.29, 1.82) is 0 Å². The Morgan fingerprint density at radius 1 is 1.05 bits per heavy atom. The van der Waals surface area contributed by atoms with E-state index in [-0.39, 0.29) is 19.8 Å². The molecule has 4 heteroatoms. The van der Waals surface area contributed by atoms with E-state index in [0.717, 1.165) is 16.7 Å². The Balaban J connectivity index is 2.42. The van der Waals surface area contributed by atoms with Gasteiger partial charge in [-0.15, -0.1) is 0 Å². The summed E-state index contributed by atoms with van der Waals surface area (Å²) in [4.78, 5) is 11.9. The van der Waals surface area contributed by atoms with Crippen LogP contribution in [0.4, 0.5) is 0 Å². The predicted molar refractivity (Wildman–Crippen MR) is 71.2 cm³/mol. The summed E-state index contributed by atoms with van der Waals surface area (Å²) < 4.78 is 4.96. The van der Waals surface area contributed by atoms with Crippen molar-refractivity contribution < 1.29 is 19.7 Å². The van der Waals surface area contributed by atoms with E-state index >= 15 is 0 Å². The molecule has 0 saturated heterocycles. The molecule has 2 aliphatic rings. The van der Waals surface area contributed by atoms with Crippen molar-refractivity contribution in [3.8, 4) is 11.1 Å². The standard InChI is InChI=1S/C15H16O4/c16-7-6-11-10-14(15(18)19-9-8-17)13-5-3-1-2-4-12(11)13/h1-5,10,16-17H,6-9H2. The highest BCUT2D eigenvalue weighted by atomic mass is 16.5. The molecule has 0 spiro atoms. The molecule has 0 aromatic heterocycles. The fourth-order valence-electron chi connectivity index (χ4n) is 2.10. The van der Waals surface area contributed by atoms with Crippen molar-refractivity contribution in [1.82, 2.24) is 0 Å². The fraction of sp³-hybridized carbons (Fsp3) is 0.267. The third-order valence-corrected chi connectivity index (χ3v) is 2.92. The van der Waals surface area contributed by atoms with Crippen LogP contribution in [0.15, 0.2) is 36.4 Å². The van der Waals surface area contributed by atoms with Crippen molar-refractivity contribution in [2.75, 3.05) is 19.8 Å². The normalized spacial score (nSPS) is 10.6. The van der Waals surface area contributed by atoms with Crippen LogP contribution in [0.3, 0.4) is 0 Å². The van der Waals surface area contributed by atoms with E-state index in [0.29, 0.717) is 12.0 Å². The third-order valence-electron chi connectivity index (χ3n) is 2.92. The van der Waals surface area contributed by atoms with Crippen LogP contribution in [-0.2, 0) is 11.2 Å². The summed E-state index contributed by atoms with van der Waals surface area (Å²) in [5, 5.41) is 17.8. The van der Waals surface area contributed by atoms with Crippen LogP contribution in [0.25, 0.3) is 11.1 Å². The molecule has 0 fully saturated rings. The fourth-order valence-corrected chi connectivity index (χ4v) is 2.10. The lowest BCUT2D eigenvalue weighted by Crippen LogP contribution is -2.08. The van der Waals surface area contributed by atoms with Gasteiger partial charge in [-0.3, -0.25) is 0 Å². The first-order valence-corrected chi connectivity index (χ1v) is 6.17. The number of rotatable bonds is 5. The average molecular weight is 260 g/mol. The van der Waals surface area contributed by atoms with Gasteiger partial charge in [-0.2, -0.15) is 0 Å². The Hall–Kier alpha value is -1.91. The van der Waals surface area contributed by atoms with Crippen LogP contribution in [0.2, 0.25) is 0 Å². The van der Waals surface area contributed by atoms with Gasteiger partial charge in [0, 0.05) is 6.61 Å². The zero-order valence-electron chi connectivity index (χ0n) is 10.5. The molecule has 19 heavy (non-hydrogen) atoms. The lowest BCUT2D eigenvalue weighted by Gasteiger charge is -2.02. The van der Waals surface area contributed by atoms with Gasteiger partial charge in [0.15, 0.2) is 0 Å². The van der Waals surface area contributed by atoms with Gasteiger partial charge < -0.3 is 14.9 Å². The largest absolute Gasteiger partial charge is 0.460 e. The molecule has 2 aliphatic carbocycles. The van der Waals surface area contributed by atoms with Crippen molar-refractivity contribution >= 4 is 5.97 Å². The number of carbonyl (C=O) groups is 1. The van der Waals surface area contributed by atoms with Gasteiger partial charge in [0.25, 0.3) is 0 Å². The SMILES string of the molecule is O=C(OCCO)c1cc(CCO)c2cccccc1-2. The van der Waals surface area contributed by atoms with E-state index in [1.807, 2.05) is 30.3 Å². The highest BCUT2D eigenvalue weighted by Crippen LogP contribution is 2.32. The molecular weight excluding hydrogens is 244 g/mol. The highest BCUT2D eigenvalue weighted by molar-refractivity contribution is 6.00. The smallest absolute Gasteiger partial charge is 0.338 e. The second kappa shape index (κ2) is 6.31. The Morgan fingerprint density at radius 2 is 1.79 bits per heavy atom. The van der Waals surface area contributed by atoms with Crippen molar-refractivity contribution in [3.63, 3.8) is 0 Å². The molecule has 0 atom stereocenters. The van der Waals surface area contributed by atoms with E-state index in [9.17, 15) is 4.79 Å². The van der Waals surface area contributed by atoms with Crippen LogP contribution >= 0.6 is 0 Å². The monoisotopic (exact) mass is 260 g/mol. The molecule has 2 N–H and O–H groups in total. The first-order valence-electron chi connectivity index (χ1n) is 6.17. The van der Waals surface area contributed by atoms with Crippen LogP contribution in [0.1, 0.15) is 15.9 Å². The molecule has 100 valence electrons. The van der Waals surface area contributed by atoms with Crippen molar-refractivity contribution in [2.24, 2.45) is 0 Å². The zero-order chi connectivity index (χ0) is 13.7. The first kappa shape index (κ1) is 13.5. The minimum atomic E-state index is -0.450. The second-order valence-electron chi connectivity index (χ2n) is 4.15. The summed E-state index contributed by atoms with van der Waals surface area (Å²) in [5.74, 6) is -0.450. The predicted octanol–water partition coefficient (Wildman–Crippen LogP) is 1.48. The second-order valence-corrected chi connectivity index (χ2v) is 4.15. The van der Waals surface area contributed by atoms with Gasteiger partial charge in [-0.1, -0.05) is 30.3 Å². The third kappa shape index (κ3) is 2.92. The number of esters is 1. The van der Waals surface area contributed by atoms with Gasteiger partial charge in [0.1, 0.15) is 6.61 Å². The van der Waals surface area contributed by atoms with E-state index < -0.39 is 5.97 Å². The molecule has 0 bridgehead atoms. The van der Waals surface area contributed by atoms with Gasteiger partial charge in [0.2, 0.25) is 0 Å². The highest BCUT2D eigenvalue weighted by Gasteiger charge is 2.20. The lowest BCUT2D eigenvalue weighted by molar-refractivity contribution is 0.0435. The minimum Gasteiger partial charge on any atom is -0.460 e. The van der Waals surface area contributed by atoms with E-state index in [1.54, 1.807) is 6.07 Å². The number of aliphatic hydroxyl groups excluding tert-OH is 2. The van der Waals surface area contributed by atoms with Crippen molar-refractivity contribution in [3.05, 3.63) is 47.5 Å². The number of hydrogen-bond acceptors (Lipinski definition) is 4. The van der Waals surface area contributed by atoms with Crippen LogP contribution in [-0.4, -0.2) is 36.0 Å². The molecule has 4 nitrogen and oxygen atoms in total. The number of ether oxygens (including phenoxy) is 1. The van der Waals surface area contributed by atoms with Gasteiger partial charge in [-0.05, 0) is 29.2 Å². The molecule has 0 aliphatic heterocycles. The summed E-state index contributed by atoms with van der Waals surface area (Å²) in [7, 11) is 0. The van der Waals surface area contributed by atoms with Crippen LogP contribution in [0.5, 0.6) is 0 Å². The Morgan fingerprint density at radius 3 is 2.47 bits per heavy atom. The minimum absolute atomic E-state index is 0.0141.